The number of aliphatic hydroxyl groups excluding tert-OH is 1. The molecule has 1 fully saturated rings. The van der Waals surface area contributed by atoms with Crippen LogP contribution in [0.3, 0.4) is 0 Å². The molecule has 2 aromatic heterocycles. The van der Waals surface area contributed by atoms with E-state index in [1.165, 1.54) is 6.07 Å². The minimum absolute atomic E-state index is 0.0391. The molecule has 1 aliphatic carbocycles. The average Bonchev–Trinajstić information content (AvgIpc) is 3.18. The van der Waals surface area contributed by atoms with E-state index in [4.69, 9.17) is 10.1 Å². The number of carbonyl (C=O) groups is 2. The third kappa shape index (κ3) is 4.72. The van der Waals surface area contributed by atoms with E-state index in [9.17, 15) is 14.0 Å². The van der Waals surface area contributed by atoms with Crippen LogP contribution in [0.4, 0.5) is 4.39 Å². The van der Waals surface area contributed by atoms with Crippen LogP contribution in [0.25, 0.3) is 28.0 Å². The molecule has 0 saturated heterocycles. The van der Waals surface area contributed by atoms with E-state index in [0.717, 1.165) is 41.5 Å². The Morgan fingerprint density at radius 1 is 1.06 bits per heavy atom. The van der Waals surface area contributed by atoms with Gasteiger partial charge in [-0.3, -0.25) is 4.79 Å². The van der Waals surface area contributed by atoms with Gasteiger partial charge in [0.1, 0.15) is 17.8 Å². The number of fused-ring (bicyclic) bond motifs is 1. The number of aldehydes is 1. The first-order valence-corrected chi connectivity index (χ1v) is 11.5. The molecule has 1 amide bonds. The molecule has 0 bridgehead atoms. The van der Waals surface area contributed by atoms with E-state index in [1.54, 1.807) is 18.2 Å². The number of hydrogen-bond acceptors (Lipinski definition) is 4. The summed E-state index contributed by atoms with van der Waals surface area (Å²) in [5.74, 6) is -0.388. The van der Waals surface area contributed by atoms with Crippen LogP contribution in [-0.4, -0.2) is 39.8 Å². The molecular weight excluding hydrogens is 445 g/mol. The van der Waals surface area contributed by atoms with Crippen LogP contribution in [0, 0.1) is 25.6 Å². The highest BCUT2D eigenvalue weighted by Gasteiger charge is 2.30. The first-order chi connectivity index (χ1) is 16.9. The summed E-state index contributed by atoms with van der Waals surface area (Å²) in [6.45, 7) is 3.83. The number of hydrogen-bond donors (Lipinski definition) is 2. The minimum Gasteiger partial charge on any atom is -0.400 e. The van der Waals surface area contributed by atoms with E-state index >= 15 is 0 Å². The molecule has 180 valence electrons. The summed E-state index contributed by atoms with van der Waals surface area (Å²) < 4.78 is 16.7. The van der Waals surface area contributed by atoms with Crippen molar-refractivity contribution in [1.82, 2.24) is 14.7 Å². The van der Waals surface area contributed by atoms with E-state index in [-0.39, 0.29) is 23.7 Å². The van der Waals surface area contributed by atoms with Gasteiger partial charge in [0.2, 0.25) is 0 Å². The Labute approximate surface area is 203 Å². The van der Waals surface area contributed by atoms with Crippen LogP contribution in [0.2, 0.25) is 0 Å². The zero-order valence-corrected chi connectivity index (χ0v) is 20.0. The second kappa shape index (κ2) is 10.2. The second-order valence-electron chi connectivity index (χ2n) is 8.76. The van der Waals surface area contributed by atoms with Gasteiger partial charge in [-0.05, 0) is 56.0 Å². The monoisotopic (exact) mass is 473 g/mol. The van der Waals surface area contributed by atoms with Crippen molar-refractivity contribution < 1.29 is 19.1 Å². The van der Waals surface area contributed by atoms with Gasteiger partial charge in [0, 0.05) is 47.7 Å². The van der Waals surface area contributed by atoms with Crippen LogP contribution >= 0.6 is 0 Å². The highest BCUT2D eigenvalue weighted by atomic mass is 19.1. The van der Waals surface area contributed by atoms with Crippen LogP contribution in [0.15, 0.2) is 60.8 Å². The summed E-state index contributed by atoms with van der Waals surface area (Å²) in [7, 11) is 1.00. The second-order valence-corrected chi connectivity index (χ2v) is 8.76. The summed E-state index contributed by atoms with van der Waals surface area (Å²) in [5.41, 5.74) is 5.82. The van der Waals surface area contributed by atoms with Gasteiger partial charge >= 0.3 is 0 Å². The lowest BCUT2D eigenvalue weighted by atomic mass is 9.81. The van der Waals surface area contributed by atoms with Gasteiger partial charge in [-0.15, -0.1) is 0 Å². The molecule has 0 spiro atoms. The Morgan fingerprint density at radius 3 is 2.46 bits per heavy atom. The van der Waals surface area contributed by atoms with E-state index in [2.05, 4.69) is 5.32 Å². The molecule has 6 nitrogen and oxygen atoms in total. The third-order valence-electron chi connectivity index (χ3n) is 6.43. The molecule has 0 radical (unpaired) electrons. The number of nitrogens with zero attached hydrogens (tertiary/aromatic N) is 2. The molecule has 0 atom stereocenters. The average molecular weight is 474 g/mol. The number of aliphatic hydroxyl groups is 1. The lowest BCUT2D eigenvalue weighted by Gasteiger charge is -2.32. The predicted molar refractivity (Wildman–Crippen MR) is 134 cm³/mol. The maximum Gasteiger partial charge on any atom is 0.251 e. The Kier molecular flexibility index (Phi) is 7.07. The number of carbonyl (C=O) groups excluding carboxylic acids is 2. The molecule has 1 aliphatic rings. The van der Waals surface area contributed by atoms with E-state index in [1.807, 2.05) is 54.8 Å². The van der Waals surface area contributed by atoms with Crippen molar-refractivity contribution in [3.63, 3.8) is 0 Å². The van der Waals surface area contributed by atoms with Crippen molar-refractivity contribution in [2.24, 2.45) is 5.92 Å². The number of aromatic nitrogens is 2. The van der Waals surface area contributed by atoms with E-state index in [0.29, 0.717) is 29.6 Å². The van der Waals surface area contributed by atoms with Gasteiger partial charge in [-0.1, -0.05) is 36.4 Å². The maximum atomic E-state index is 14.8. The number of rotatable bonds is 5. The summed E-state index contributed by atoms with van der Waals surface area (Å²) in [6, 6.07) is 16.4. The minimum atomic E-state index is -0.268. The fourth-order valence-corrected chi connectivity index (χ4v) is 4.49. The first kappa shape index (κ1) is 24.3. The molecule has 5 rings (SSSR count). The fourth-order valence-electron chi connectivity index (χ4n) is 4.49. The van der Waals surface area contributed by atoms with Crippen molar-refractivity contribution in [2.45, 2.75) is 32.7 Å². The van der Waals surface area contributed by atoms with Gasteiger partial charge in [-0.25, -0.2) is 9.37 Å². The number of imidazole rings is 1. The van der Waals surface area contributed by atoms with Gasteiger partial charge in [0.15, 0.2) is 0 Å². The Balaban J connectivity index is 0.00000141. The summed E-state index contributed by atoms with van der Waals surface area (Å²) in [6.07, 6.45) is 4.16. The topological polar surface area (TPSA) is 83.7 Å². The molecule has 1 saturated carbocycles. The lowest BCUT2D eigenvalue weighted by Crippen LogP contribution is -2.44. The van der Waals surface area contributed by atoms with Crippen molar-refractivity contribution >= 4 is 17.8 Å². The molecular formula is C28H28FN3O3. The highest BCUT2D eigenvalue weighted by Crippen LogP contribution is 2.35. The maximum absolute atomic E-state index is 14.8. The van der Waals surface area contributed by atoms with Crippen molar-refractivity contribution in [3.8, 4) is 22.4 Å². The number of pyridine rings is 1. The van der Waals surface area contributed by atoms with Crippen LogP contribution in [0.1, 0.15) is 34.5 Å². The summed E-state index contributed by atoms with van der Waals surface area (Å²) in [5, 5.41) is 9.98. The van der Waals surface area contributed by atoms with Crippen LogP contribution in [0.5, 0.6) is 0 Å². The van der Waals surface area contributed by atoms with Gasteiger partial charge in [0.25, 0.3) is 5.91 Å². The van der Waals surface area contributed by atoms with Crippen molar-refractivity contribution in [2.75, 3.05) is 7.11 Å². The van der Waals surface area contributed by atoms with Crippen LogP contribution < -0.4 is 5.32 Å². The number of aryl methyl sites for hydroxylation is 2. The molecule has 0 aliphatic heterocycles. The Hall–Kier alpha value is -3.84. The van der Waals surface area contributed by atoms with Gasteiger partial charge in [-0.2, -0.15) is 0 Å². The molecule has 2 heterocycles. The SMILES string of the molecule is CO.Cc1ccc(-c2ccccc2-c2nc3cc(C(=O)NC4CC(C=O)C4)ccn3c2C)c(F)c1. The quantitative estimate of drug-likeness (QED) is 0.410. The van der Waals surface area contributed by atoms with Crippen molar-refractivity contribution in [3.05, 3.63) is 83.4 Å². The van der Waals surface area contributed by atoms with Gasteiger partial charge < -0.3 is 19.6 Å². The molecule has 2 aromatic carbocycles. The zero-order valence-electron chi connectivity index (χ0n) is 20.0. The number of halogens is 1. The van der Waals surface area contributed by atoms with Crippen LogP contribution in [-0.2, 0) is 4.79 Å². The first-order valence-electron chi connectivity index (χ1n) is 11.5. The lowest BCUT2D eigenvalue weighted by molar-refractivity contribution is -0.113. The highest BCUT2D eigenvalue weighted by molar-refractivity contribution is 5.95. The zero-order chi connectivity index (χ0) is 25.1. The Morgan fingerprint density at radius 2 is 1.77 bits per heavy atom. The third-order valence-corrected chi connectivity index (χ3v) is 6.43. The molecule has 0 unspecified atom stereocenters. The smallest absolute Gasteiger partial charge is 0.251 e. The molecule has 7 heteroatoms. The number of amides is 1. The van der Waals surface area contributed by atoms with Gasteiger partial charge in [0.05, 0.1) is 5.69 Å². The Bertz CT molecular complexity index is 1390. The van der Waals surface area contributed by atoms with Crippen molar-refractivity contribution in [1.29, 1.82) is 0 Å². The number of nitrogens with one attached hydrogen (secondary N) is 1. The molecule has 2 N–H and O–H groups in total. The molecule has 35 heavy (non-hydrogen) atoms. The standard InChI is InChI=1S/C27H24FN3O2.CH4O/c1-16-7-8-22(24(28)11-16)21-5-3-4-6-23(21)26-17(2)31-10-9-19(14-25(31)30-26)27(33)29-20-12-18(13-20)15-32;1-2/h3-11,14-15,18,20H,12-13H2,1-2H3,(H,29,33);2H,1H3. The molecule has 4 aromatic rings. The number of benzene rings is 2. The summed E-state index contributed by atoms with van der Waals surface area (Å²) >= 11 is 0. The fraction of sp³-hybridized carbons (Fsp3) is 0.250. The normalized spacial score (nSPS) is 16.7. The predicted octanol–water partition coefficient (Wildman–Crippen LogP) is 4.74. The largest absolute Gasteiger partial charge is 0.400 e. The summed E-state index contributed by atoms with van der Waals surface area (Å²) in [4.78, 5) is 28.3. The van der Waals surface area contributed by atoms with E-state index < -0.39 is 0 Å².